The molecule has 0 spiro atoms. The van der Waals surface area contributed by atoms with E-state index in [0.29, 0.717) is 12.1 Å². The fourth-order valence-corrected chi connectivity index (χ4v) is 2.99. The number of piperazine rings is 1. The Bertz CT molecular complexity index is 430. The van der Waals surface area contributed by atoms with Crippen molar-refractivity contribution >= 4 is 5.69 Å². The summed E-state index contributed by atoms with van der Waals surface area (Å²) in [7, 11) is 0. The third-order valence-electron chi connectivity index (χ3n) is 3.78. The number of rotatable bonds is 0. The molecule has 0 amide bonds. The molecule has 0 bridgehead atoms. The first kappa shape index (κ1) is 10.1. The monoisotopic (exact) mass is 220 g/mol. The molecule has 1 N–H and O–H groups in total. The summed E-state index contributed by atoms with van der Waals surface area (Å²) < 4.78 is 13.5. The van der Waals surface area contributed by atoms with E-state index in [9.17, 15) is 4.39 Å². The molecule has 3 heteroatoms. The Hall–Kier alpha value is -1.09. The standard InChI is InChI=1S/C13H17FN2/c1-8-3-13-10(5-12(8)14)4-11-7-15-6-9(2)16(11)13/h3,5,9,11,15H,4,6-7H2,1-2H3/t9?,11-/m0/s1. The lowest BCUT2D eigenvalue weighted by atomic mass is 10.1. The van der Waals surface area contributed by atoms with Crippen LogP contribution >= 0.6 is 0 Å². The van der Waals surface area contributed by atoms with E-state index in [1.54, 1.807) is 6.07 Å². The number of hydrogen-bond donors (Lipinski definition) is 1. The van der Waals surface area contributed by atoms with Crippen molar-refractivity contribution in [2.75, 3.05) is 18.0 Å². The molecule has 1 aromatic carbocycles. The summed E-state index contributed by atoms with van der Waals surface area (Å²) in [5.41, 5.74) is 3.17. The van der Waals surface area contributed by atoms with E-state index in [0.717, 1.165) is 25.1 Å². The van der Waals surface area contributed by atoms with Crippen LogP contribution in [0.15, 0.2) is 12.1 Å². The van der Waals surface area contributed by atoms with Gasteiger partial charge < -0.3 is 10.2 Å². The highest BCUT2D eigenvalue weighted by Crippen LogP contribution is 2.36. The first-order valence-electron chi connectivity index (χ1n) is 5.95. The van der Waals surface area contributed by atoms with Crippen LogP contribution in [0.3, 0.4) is 0 Å². The van der Waals surface area contributed by atoms with E-state index >= 15 is 0 Å². The van der Waals surface area contributed by atoms with Crippen LogP contribution in [0.25, 0.3) is 0 Å². The maximum absolute atomic E-state index is 13.5. The zero-order chi connectivity index (χ0) is 11.3. The van der Waals surface area contributed by atoms with Crippen LogP contribution < -0.4 is 10.2 Å². The van der Waals surface area contributed by atoms with Crippen molar-refractivity contribution in [3.05, 3.63) is 29.1 Å². The van der Waals surface area contributed by atoms with Crippen molar-refractivity contribution in [1.82, 2.24) is 5.32 Å². The van der Waals surface area contributed by atoms with Gasteiger partial charge in [-0.2, -0.15) is 0 Å². The SMILES string of the molecule is Cc1cc2c(cc1F)C[C@H]1CNCC(C)N21. The Morgan fingerprint density at radius 3 is 3.00 bits per heavy atom. The Kier molecular flexibility index (Phi) is 2.18. The third-order valence-corrected chi connectivity index (χ3v) is 3.78. The van der Waals surface area contributed by atoms with Crippen molar-refractivity contribution in [3.8, 4) is 0 Å². The average Bonchev–Trinajstić information content (AvgIpc) is 2.58. The molecule has 2 aliphatic rings. The number of benzene rings is 1. The molecule has 1 unspecified atom stereocenters. The van der Waals surface area contributed by atoms with Gasteiger partial charge in [0.1, 0.15) is 5.82 Å². The van der Waals surface area contributed by atoms with Crippen molar-refractivity contribution in [2.45, 2.75) is 32.4 Å². The molecule has 0 saturated carbocycles. The molecule has 16 heavy (non-hydrogen) atoms. The van der Waals surface area contributed by atoms with Crippen LogP contribution in [-0.2, 0) is 6.42 Å². The summed E-state index contributed by atoms with van der Waals surface area (Å²) >= 11 is 0. The number of hydrogen-bond acceptors (Lipinski definition) is 2. The van der Waals surface area contributed by atoms with Crippen LogP contribution in [-0.4, -0.2) is 25.2 Å². The van der Waals surface area contributed by atoms with E-state index in [4.69, 9.17) is 0 Å². The molecule has 2 aliphatic heterocycles. The summed E-state index contributed by atoms with van der Waals surface area (Å²) in [6.07, 6.45) is 0.976. The second-order valence-corrected chi connectivity index (χ2v) is 5.00. The van der Waals surface area contributed by atoms with E-state index in [-0.39, 0.29) is 5.82 Å². The van der Waals surface area contributed by atoms with Crippen molar-refractivity contribution in [1.29, 1.82) is 0 Å². The van der Waals surface area contributed by atoms with Crippen LogP contribution in [0.4, 0.5) is 10.1 Å². The van der Waals surface area contributed by atoms with Crippen molar-refractivity contribution < 1.29 is 4.39 Å². The van der Waals surface area contributed by atoms with Crippen molar-refractivity contribution in [3.63, 3.8) is 0 Å². The summed E-state index contributed by atoms with van der Waals surface area (Å²) in [5, 5.41) is 3.43. The zero-order valence-corrected chi connectivity index (χ0v) is 9.76. The zero-order valence-electron chi connectivity index (χ0n) is 9.76. The maximum atomic E-state index is 13.5. The molecule has 1 saturated heterocycles. The summed E-state index contributed by atoms with van der Waals surface area (Å²) in [4.78, 5) is 2.46. The highest BCUT2D eigenvalue weighted by atomic mass is 19.1. The van der Waals surface area contributed by atoms with Crippen molar-refractivity contribution in [2.24, 2.45) is 0 Å². The van der Waals surface area contributed by atoms with Crippen LogP contribution in [0, 0.1) is 12.7 Å². The predicted octanol–water partition coefficient (Wildman–Crippen LogP) is 1.86. The highest BCUT2D eigenvalue weighted by molar-refractivity contribution is 5.62. The van der Waals surface area contributed by atoms with Gasteiger partial charge in [0, 0.05) is 30.9 Å². The molecule has 1 aromatic rings. The normalized spacial score (nSPS) is 27.8. The van der Waals surface area contributed by atoms with Crippen LogP contribution in [0.2, 0.25) is 0 Å². The number of halogens is 1. The Morgan fingerprint density at radius 2 is 2.19 bits per heavy atom. The molecule has 86 valence electrons. The van der Waals surface area contributed by atoms with Gasteiger partial charge >= 0.3 is 0 Å². The predicted molar refractivity (Wildman–Crippen MR) is 63.4 cm³/mol. The summed E-state index contributed by atoms with van der Waals surface area (Å²) in [6, 6.07) is 4.74. The van der Waals surface area contributed by atoms with E-state index < -0.39 is 0 Å². The number of nitrogens with one attached hydrogen (secondary N) is 1. The van der Waals surface area contributed by atoms with Gasteiger partial charge in [0.25, 0.3) is 0 Å². The quantitative estimate of drug-likeness (QED) is 0.718. The maximum Gasteiger partial charge on any atom is 0.126 e. The molecule has 1 fully saturated rings. The molecule has 3 rings (SSSR count). The fraction of sp³-hybridized carbons (Fsp3) is 0.538. The second-order valence-electron chi connectivity index (χ2n) is 5.00. The molecule has 2 nitrogen and oxygen atoms in total. The highest BCUT2D eigenvalue weighted by Gasteiger charge is 2.35. The van der Waals surface area contributed by atoms with E-state index in [1.165, 1.54) is 11.3 Å². The largest absolute Gasteiger partial charge is 0.363 e. The minimum absolute atomic E-state index is 0.0702. The molecular formula is C13H17FN2. The number of anilines is 1. The molecule has 0 radical (unpaired) electrons. The lowest BCUT2D eigenvalue weighted by Gasteiger charge is -2.38. The minimum Gasteiger partial charge on any atom is -0.363 e. The van der Waals surface area contributed by atoms with Gasteiger partial charge in [-0.15, -0.1) is 0 Å². The third kappa shape index (κ3) is 1.34. The molecule has 0 aromatic heterocycles. The average molecular weight is 220 g/mol. The molecule has 2 atom stereocenters. The van der Waals surface area contributed by atoms with Gasteiger partial charge in [-0.05, 0) is 43.5 Å². The van der Waals surface area contributed by atoms with Gasteiger partial charge in [-0.3, -0.25) is 0 Å². The summed E-state index contributed by atoms with van der Waals surface area (Å²) in [6.45, 7) is 6.11. The Balaban J connectivity index is 2.06. The van der Waals surface area contributed by atoms with Crippen LogP contribution in [0.1, 0.15) is 18.1 Å². The summed E-state index contributed by atoms with van der Waals surface area (Å²) in [5.74, 6) is -0.0702. The van der Waals surface area contributed by atoms with E-state index in [1.807, 2.05) is 13.0 Å². The first-order valence-corrected chi connectivity index (χ1v) is 5.95. The van der Waals surface area contributed by atoms with E-state index in [2.05, 4.69) is 17.1 Å². The van der Waals surface area contributed by atoms with Gasteiger partial charge in [0.05, 0.1) is 0 Å². The van der Waals surface area contributed by atoms with Crippen LogP contribution in [0.5, 0.6) is 0 Å². The Labute approximate surface area is 95.4 Å². The van der Waals surface area contributed by atoms with Gasteiger partial charge in [-0.1, -0.05) is 0 Å². The molecular weight excluding hydrogens is 203 g/mol. The lowest BCUT2D eigenvalue weighted by molar-refractivity contribution is 0.430. The van der Waals surface area contributed by atoms with Gasteiger partial charge in [0.2, 0.25) is 0 Å². The fourth-order valence-electron chi connectivity index (χ4n) is 2.99. The topological polar surface area (TPSA) is 15.3 Å². The number of aryl methyl sites for hydroxylation is 1. The minimum atomic E-state index is -0.0702. The first-order chi connectivity index (χ1) is 7.66. The molecule has 0 aliphatic carbocycles. The number of nitrogens with zero attached hydrogens (tertiary/aromatic N) is 1. The number of fused-ring (bicyclic) bond motifs is 3. The lowest BCUT2D eigenvalue weighted by Crippen LogP contribution is -2.54. The van der Waals surface area contributed by atoms with Gasteiger partial charge in [0.15, 0.2) is 0 Å². The second kappa shape index (κ2) is 3.45. The van der Waals surface area contributed by atoms with Gasteiger partial charge in [-0.25, -0.2) is 4.39 Å². The smallest absolute Gasteiger partial charge is 0.126 e. The molecule has 2 heterocycles. The Morgan fingerprint density at radius 1 is 1.38 bits per heavy atom.